The summed E-state index contributed by atoms with van der Waals surface area (Å²) >= 11 is 3.29. The molecule has 1 unspecified atom stereocenters. The van der Waals surface area contributed by atoms with Gasteiger partial charge >= 0.3 is 0 Å². The molecular weight excluding hydrogens is 366 g/mol. The van der Waals surface area contributed by atoms with E-state index in [0.29, 0.717) is 29.0 Å². The van der Waals surface area contributed by atoms with Crippen molar-refractivity contribution >= 4 is 41.6 Å². The summed E-state index contributed by atoms with van der Waals surface area (Å²) in [5.74, 6) is 0.303. The van der Waals surface area contributed by atoms with Crippen LogP contribution in [-0.2, 0) is 9.05 Å². The average molecular weight is 381 g/mol. The maximum absolute atomic E-state index is 12.5. The van der Waals surface area contributed by atoms with Crippen molar-refractivity contribution < 1.29 is 13.2 Å². The van der Waals surface area contributed by atoms with E-state index in [0.717, 1.165) is 12.8 Å². The molecule has 1 aliphatic heterocycles. The molecule has 0 N–H and O–H groups in total. The number of likely N-dealkylation sites (tertiary alicyclic amines) is 1. The number of carbonyl (C=O) groups excluding carboxylic acids is 1. The second kappa shape index (κ2) is 6.03. The van der Waals surface area contributed by atoms with Crippen LogP contribution < -0.4 is 0 Å². The molecule has 1 aromatic rings. The van der Waals surface area contributed by atoms with Crippen molar-refractivity contribution in [1.29, 1.82) is 0 Å². The van der Waals surface area contributed by atoms with Crippen LogP contribution in [0.15, 0.2) is 27.6 Å². The Bertz CT molecular complexity index is 633. The molecule has 20 heavy (non-hydrogen) atoms. The standard InChI is InChI=1S/C13H15BrClNO3S/c1-9-3-2-6-16(8-9)13(17)11-7-10(20(15,18)19)4-5-12(11)14/h4-5,7,9H,2-3,6,8H2,1H3. The number of piperidine rings is 1. The lowest BCUT2D eigenvalue weighted by molar-refractivity contribution is 0.0682. The topological polar surface area (TPSA) is 54.5 Å². The van der Waals surface area contributed by atoms with E-state index >= 15 is 0 Å². The number of hydrogen-bond acceptors (Lipinski definition) is 3. The molecule has 2 rings (SSSR count). The summed E-state index contributed by atoms with van der Waals surface area (Å²) in [5, 5.41) is 0. The number of halogens is 2. The van der Waals surface area contributed by atoms with Crippen molar-refractivity contribution in [1.82, 2.24) is 4.90 Å². The minimum absolute atomic E-state index is 0.0595. The van der Waals surface area contributed by atoms with Gasteiger partial charge in [0, 0.05) is 28.2 Å². The van der Waals surface area contributed by atoms with Crippen LogP contribution >= 0.6 is 26.6 Å². The molecule has 0 radical (unpaired) electrons. The predicted molar refractivity (Wildman–Crippen MR) is 81.5 cm³/mol. The summed E-state index contributed by atoms with van der Waals surface area (Å²) in [5.41, 5.74) is 0.334. The van der Waals surface area contributed by atoms with Crippen LogP contribution in [0.5, 0.6) is 0 Å². The summed E-state index contributed by atoms with van der Waals surface area (Å²) in [6.07, 6.45) is 2.08. The quantitative estimate of drug-likeness (QED) is 0.740. The highest BCUT2D eigenvalue weighted by Crippen LogP contribution is 2.26. The van der Waals surface area contributed by atoms with Crippen molar-refractivity contribution in [2.45, 2.75) is 24.7 Å². The van der Waals surface area contributed by atoms with E-state index in [1.54, 1.807) is 4.90 Å². The van der Waals surface area contributed by atoms with E-state index in [2.05, 4.69) is 22.9 Å². The fourth-order valence-corrected chi connectivity index (χ4v) is 3.56. The van der Waals surface area contributed by atoms with E-state index in [1.807, 2.05) is 0 Å². The van der Waals surface area contributed by atoms with Gasteiger partial charge in [-0.25, -0.2) is 8.42 Å². The van der Waals surface area contributed by atoms with E-state index in [9.17, 15) is 13.2 Å². The minimum Gasteiger partial charge on any atom is -0.338 e. The average Bonchev–Trinajstić information content (AvgIpc) is 2.37. The number of benzene rings is 1. The molecule has 0 aromatic heterocycles. The van der Waals surface area contributed by atoms with E-state index in [-0.39, 0.29) is 10.8 Å². The summed E-state index contributed by atoms with van der Waals surface area (Å²) in [6.45, 7) is 3.50. The summed E-state index contributed by atoms with van der Waals surface area (Å²) in [6, 6.07) is 4.24. The van der Waals surface area contributed by atoms with Crippen molar-refractivity contribution in [2.75, 3.05) is 13.1 Å². The normalized spacial score (nSPS) is 19.9. The van der Waals surface area contributed by atoms with Gasteiger partial charge in [0.25, 0.3) is 15.0 Å². The van der Waals surface area contributed by atoms with Crippen LogP contribution in [0.4, 0.5) is 0 Å². The summed E-state index contributed by atoms with van der Waals surface area (Å²) < 4.78 is 23.3. The molecule has 110 valence electrons. The second-order valence-corrected chi connectivity index (χ2v) is 8.50. The van der Waals surface area contributed by atoms with Gasteiger partial charge in [-0.2, -0.15) is 0 Å². The lowest BCUT2D eigenvalue weighted by Gasteiger charge is -2.31. The third kappa shape index (κ3) is 3.54. The lowest BCUT2D eigenvalue weighted by Crippen LogP contribution is -2.39. The van der Waals surface area contributed by atoms with E-state index < -0.39 is 9.05 Å². The molecular formula is C13H15BrClNO3S. The molecule has 0 saturated carbocycles. The lowest BCUT2D eigenvalue weighted by atomic mass is 9.99. The van der Waals surface area contributed by atoms with Crippen LogP contribution in [0.2, 0.25) is 0 Å². The highest BCUT2D eigenvalue weighted by molar-refractivity contribution is 9.10. The first kappa shape index (κ1) is 15.8. The third-order valence-corrected chi connectivity index (χ3v) is 5.44. The van der Waals surface area contributed by atoms with Crippen LogP contribution in [0.3, 0.4) is 0 Å². The maximum Gasteiger partial charge on any atom is 0.261 e. The highest BCUT2D eigenvalue weighted by atomic mass is 79.9. The van der Waals surface area contributed by atoms with Crippen molar-refractivity contribution in [2.24, 2.45) is 5.92 Å². The third-order valence-electron chi connectivity index (χ3n) is 3.39. The molecule has 1 amide bonds. The Labute approximate surface area is 131 Å². The molecule has 1 aliphatic rings. The second-order valence-electron chi connectivity index (χ2n) is 5.08. The van der Waals surface area contributed by atoms with Crippen molar-refractivity contribution in [3.63, 3.8) is 0 Å². The number of rotatable bonds is 2. The number of hydrogen-bond donors (Lipinski definition) is 0. The monoisotopic (exact) mass is 379 g/mol. The predicted octanol–water partition coefficient (Wildman–Crippen LogP) is 3.25. The van der Waals surface area contributed by atoms with Gasteiger partial charge in [-0.3, -0.25) is 4.79 Å². The Kier molecular flexibility index (Phi) is 4.76. The fourth-order valence-electron chi connectivity index (χ4n) is 2.36. The molecule has 1 heterocycles. The van der Waals surface area contributed by atoms with Gasteiger partial charge in [-0.05, 0) is 52.9 Å². The zero-order valence-corrected chi connectivity index (χ0v) is 14.1. The number of amides is 1. The van der Waals surface area contributed by atoms with E-state index in [1.165, 1.54) is 18.2 Å². The SMILES string of the molecule is CC1CCCN(C(=O)c2cc(S(=O)(=O)Cl)ccc2Br)C1. The fraction of sp³-hybridized carbons (Fsp3) is 0.462. The molecule has 1 atom stereocenters. The first-order valence-electron chi connectivity index (χ1n) is 6.32. The Morgan fingerprint density at radius 3 is 2.75 bits per heavy atom. The molecule has 1 saturated heterocycles. The van der Waals surface area contributed by atoms with Crippen LogP contribution in [0.25, 0.3) is 0 Å². The van der Waals surface area contributed by atoms with Gasteiger partial charge in [0.05, 0.1) is 10.5 Å². The number of nitrogens with zero attached hydrogens (tertiary/aromatic N) is 1. The zero-order valence-electron chi connectivity index (χ0n) is 11.0. The number of carbonyl (C=O) groups is 1. The molecule has 0 aliphatic carbocycles. The van der Waals surface area contributed by atoms with Gasteiger partial charge in [0.2, 0.25) is 0 Å². The zero-order chi connectivity index (χ0) is 14.9. The van der Waals surface area contributed by atoms with Gasteiger partial charge in [-0.1, -0.05) is 6.92 Å². The first-order chi connectivity index (χ1) is 9.29. The van der Waals surface area contributed by atoms with Crippen LogP contribution in [0, 0.1) is 5.92 Å². The Morgan fingerprint density at radius 2 is 2.15 bits per heavy atom. The van der Waals surface area contributed by atoms with Gasteiger partial charge < -0.3 is 4.90 Å². The Hall–Kier alpha value is -0.590. The van der Waals surface area contributed by atoms with Crippen LogP contribution in [-0.4, -0.2) is 32.3 Å². The smallest absolute Gasteiger partial charge is 0.261 e. The van der Waals surface area contributed by atoms with E-state index in [4.69, 9.17) is 10.7 Å². The molecule has 0 bridgehead atoms. The molecule has 1 aromatic carbocycles. The molecule has 0 spiro atoms. The molecule has 7 heteroatoms. The Balaban J connectivity index is 2.34. The summed E-state index contributed by atoms with van der Waals surface area (Å²) in [4.78, 5) is 14.2. The highest BCUT2D eigenvalue weighted by Gasteiger charge is 2.24. The molecule has 1 fully saturated rings. The van der Waals surface area contributed by atoms with Crippen LogP contribution in [0.1, 0.15) is 30.1 Å². The van der Waals surface area contributed by atoms with Crippen molar-refractivity contribution in [3.8, 4) is 0 Å². The van der Waals surface area contributed by atoms with Gasteiger partial charge in [0.15, 0.2) is 0 Å². The largest absolute Gasteiger partial charge is 0.338 e. The van der Waals surface area contributed by atoms with Crippen molar-refractivity contribution in [3.05, 3.63) is 28.2 Å². The molecule has 4 nitrogen and oxygen atoms in total. The first-order valence-corrected chi connectivity index (χ1v) is 9.43. The summed E-state index contributed by atoms with van der Waals surface area (Å²) in [7, 11) is 1.49. The van der Waals surface area contributed by atoms with Gasteiger partial charge in [0.1, 0.15) is 0 Å². The Morgan fingerprint density at radius 1 is 1.45 bits per heavy atom. The maximum atomic E-state index is 12.5. The van der Waals surface area contributed by atoms with Gasteiger partial charge in [-0.15, -0.1) is 0 Å². The minimum atomic E-state index is -3.84.